The fourth-order valence-corrected chi connectivity index (χ4v) is 8.33. The predicted molar refractivity (Wildman–Crippen MR) is 190 cm³/mol. The van der Waals surface area contributed by atoms with Crippen LogP contribution in [0.4, 0.5) is 5.69 Å². The number of ether oxygens (including phenoxy) is 1. The van der Waals surface area contributed by atoms with Crippen LogP contribution in [0.2, 0.25) is 15.1 Å². The van der Waals surface area contributed by atoms with Crippen molar-refractivity contribution in [1.82, 2.24) is 4.98 Å². The van der Waals surface area contributed by atoms with E-state index < -0.39 is 18.4 Å². The molecule has 2 fully saturated rings. The number of aryl methyl sites for hydroxylation is 1. The maximum absolute atomic E-state index is 13.5. The first kappa shape index (κ1) is 33.6. The highest BCUT2D eigenvalue weighted by Gasteiger charge is 2.52. The Morgan fingerprint density at radius 3 is 2.15 bits per heavy atom. The molecule has 46 heavy (non-hydrogen) atoms. The number of amides is 2. The van der Waals surface area contributed by atoms with Crippen LogP contribution in [0.5, 0.6) is 0 Å². The quantitative estimate of drug-likeness (QED) is 0.0830. The van der Waals surface area contributed by atoms with Gasteiger partial charge in [0.2, 0.25) is 17.6 Å². The monoisotopic (exact) mass is 868 g/mol. The van der Waals surface area contributed by atoms with Gasteiger partial charge in [0.1, 0.15) is 0 Å². The molecule has 1 aromatic heterocycles. The number of alkyl halides is 2. The van der Waals surface area contributed by atoms with Crippen LogP contribution in [0.3, 0.4) is 0 Å². The number of fused-ring (bicyclic) bond motifs is 2. The number of Topliss-reactive ketones (excluding diaryl/α,β-unsaturated/α-hetero) is 1. The summed E-state index contributed by atoms with van der Waals surface area (Å²) in [7, 11) is 0. The van der Waals surface area contributed by atoms with Crippen LogP contribution < -0.4 is 4.90 Å². The summed E-state index contributed by atoms with van der Waals surface area (Å²) in [6.07, 6.45) is 1.16. The third-order valence-electron chi connectivity index (χ3n) is 8.34. The minimum atomic E-state index is -0.747. The molecule has 0 radical (unpaired) electrons. The first-order valence-corrected chi connectivity index (χ1v) is 17.8. The van der Waals surface area contributed by atoms with Gasteiger partial charge in [-0.2, -0.15) is 0 Å². The van der Waals surface area contributed by atoms with Crippen molar-refractivity contribution < 1.29 is 23.9 Å². The number of rotatable bonds is 6. The maximum atomic E-state index is 13.5. The number of benzene rings is 3. The summed E-state index contributed by atoms with van der Waals surface area (Å²) in [5.41, 5.74) is 2.97. The Balaban J connectivity index is 1.32. The van der Waals surface area contributed by atoms with E-state index in [1.807, 2.05) is 0 Å². The molecule has 1 saturated carbocycles. The number of carbonyl (C=O) groups excluding carboxylic acids is 4. The van der Waals surface area contributed by atoms with Crippen LogP contribution in [0, 0.1) is 18.8 Å². The standard InChI is InChI=1S/C33H22Br3Cl3N2O5/c1-14-29(39)25(36)9-19-22(33(45)46-13-28(42)18-7-4-16(37)8-26(18)38)12-27(40-30(14)19)15-2-5-17(6-3-15)41-31(43)20-10-23(34)24(35)11-21(20)32(41)44/h2-9,12,20-21,23-24H,10-11,13H2,1H3. The molecule has 0 spiro atoms. The number of pyridine rings is 1. The molecule has 0 N–H and O–H groups in total. The van der Waals surface area contributed by atoms with E-state index >= 15 is 0 Å². The van der Waals surface area contributed by atoms with Crippen LogP contribution in [0.25, 0.3) is 22.2 Å². The van der Waals surface area contributed by atoms with Crippen molar-refractivity contribution in [1.29, 1.82) is 0 Å². The Bertz CT molecular complexity index is 1930. The molecule has 1 saturated heterocycles. The molecule has 236 valence electrons. The van der Waals surface area contributed by atoms with Gasteiger partial charge in [0.25, 0.3) is 0 Å². The van der Waals surface area contributed by atoms with Crippen LogP contribution in [-0.2, 0) is 14.3 Å². The summed E-state index contributed by atoms with van der Waals surface area (Å²) < 4.78 is 6.03. The number of imide groups is 1. The van der Waals surface area contributed by atoms with Crippen molar-refractivity contribution in [3.63, 3.8) is 0 Å². The molecule has 1 aliphatic heterocycles. The molecule has 0 bridgehead atoms. The Hall–Kier alpha value is -2.34. The van der Waals surface area contributed by atoms with Crippen molar-refractivity contribution in [2.75, 3.05) is 11.5 Å². The lowest BCUT2D eigenvalue weighted by molar-refractivity contribution is -0.122. The summed E-state index contributed by atoms with van der Waals surface area (Å²) in [5, 5.41) is 1.43. The van der Waals surface area contributed by atoms with Gasteiger partial charge in [-0.15, -0.1) is 0 Å². The zero-order chi connectivity index (χ0) is 33.0. The average molecular weight is 873 g/mol. The fraction of sp³-hybridized carbons (Fsp3) is 0.242. The van der Waals surface area contributed by atoms with Crippen molar-refractivity contribution >= 4 is 123 Å². The number of hydrogen-bond donors (Lipinski definition) is 0. The molecule has 4 unspecified atom stereocenters. The maximum Gasteiger partial charge on any atom is 0.339 e. The third-order valence-corrected chi connectivity index (χ3v) is 13.0. The molecular weight excluding hydrogens is 850 g/mol. The van der Waals surface area contributed by atoms with Gasteiger partial charge in [-0.3, -0.25) is 19.3 Å². The van der Waals surface area contributed by atoms with E-state index in [1.54, 1.807) is 43.3 Å². The first-order chi connectivity index (χ1) is 21.8. The lowest BCUT2D eigenvalue weighted by atomic mass is 9.81. The fourth-order valence-electron chi connectivity index (χ4n) is 5.91. The van der Waals surface area contributed by atoms with Gasteiger partial charge in [-0.1, -0.05) is 78.8 Å². The molecule has 6 rings (SSSR count). The van der Waals surface area contributed by atoms with E-state index in [-0.39, 0.29) is 49.5 Å². The van der Waals surface area contributed by atoms with Gasteiger partial charge >= 0.3 is 5.97 Å². The number of halogens is 6. The zero-order valence-electron chi connectivity index (χ0n) is 23.8. The van der Waals surface area contributed by atoms with Gasteiger partial charge in [-0.25, -0.2) is 9.78 Å². The molecule has 1 aliphatic carbocycles. The SMILES string of the molecule is Cc1c(Cl)c(Br)cc2c(C(=O)OCC(=O)c3ccc(Cl)cc3Cl)cc(-c3ccc(N4C(=O)C5CC(Br)C(Br)CC5C4=O)cc3)nc12. The largest absolute Gasteiger partial charge is 0.454 e. The van der Waals surface area contributed by atoms with Crippen molar-refractivity contribution in [3.05, 3.63) is 90.8 Å². The second-order valence-electron chi connectivity index (χ2n) is 11.1. The Kier molecular flexibility index (Phi) is 9.69. The van der Waals surface area contributed by atoms with E-state index in [1.165, 1.54) is 23.1 Å². The number of carbonyl (C=O) groups is 4. The number of anilines is 1. The Morgan fingerprint density at radius 2 is 1.54 bits per heavy atom. The average Bonchev–Trinajstić information content (AvgIpc) is 3.26. The molecule has 2 heterocycles. The summed E-state index contributed by atoms with van der Waals surface area (Å²) >= 11 is 29.3. The second kappa shape index (κ2) is 13.3. The molecular formula is C33H22Br3Cl3N2O5. The van der Waals surface area contributed by atoms with Gasteiger partial charge in [0, 0.05) is 35.7 Å². The van der Waals surface area contributed by atoms with Crippen LogP contribution in [-0.4, -0.2) is 44.8 Å². The van der Waals surface area contributed by atoms with Crippen LogP contribution in [0.1, 0.15) is 39.1 Å². The summed E-state index contributed by atoms with van der Waals surface area (Å²) in [5.74, 6) is -2.37. The Morgan fingerprint density at radius 1 is 0.913 bits per heavy atom. The second-order valence-corrected chi connectivity index (χ2v) is 15.6. The van der Waals surface area contributed by atoms with E-state index in [4.69, 9.17) is 44.5 Å². The third kappa shape index (κ3) is 6.17. The highest BCUT2D eigenvalue weighted by atomic mass is 79.9. The predicted octanol–water partition coefficient (Wildman–Crippen LogP) is 9.40. The number of hydrogen-bond acceptors (Lipinski definition) is 6. The molecule has 13 heteroatoms. The van der Waals surface area contributed by atoms with Gasteiger partial charge in [0.15, 0.2) is 6.61 Å². The van der Waals surface area contributed by atoms with E-state index in [9.17, 15) is 19.2 Å². The van der Waals surface area contributed by atoms with Gasteiger partial charge in [0.05, 0.1) is 44.3 Å². The summed E-state index contributed by atoms with van der Waals surface area (Å²) in [6.45, 7) is 1.24. The molecule has 7 nitrogen and oxygen atoms in total. The lowest BCUT2D eigenvalue weighted by Crippen LogP contribution is -2.34. The van der Waals surface area contributed by atoms with Crippen molar-refractivity contribution in [2.24, 2.45) is 11.8 Å². The number of ketones is 1. The van der Waals surface area contributed by atoms with Gasteiger partial charge in [-0.05, 0) is 83.7 Å². The highest BCUT2D eigenvalue weighted by Crippen LogP contribution is 2.45. The van der Waals surface area contributed by atoms with E-state index in [0.29, 0.717) is 60.8 Å². The van der Waals surface area contributed by atoms with Crippen molar-refractivity contribution in [2.45, 2.75) is 29.4 Å². The van der Waals surface area contributed by atoms with Crippen molar-refractivity contribution in [3.8, 4) is 11.3 Å². The molecule has 4 atom stereocenters. The molecule has 2 amide bonds. The minimum absolute atomic E-state index is 0.110. The Labute approximate surface area is 304 Å². The smallest absolute Gasteiger partial charge is 0.339 e. The highest BCUT2D eigenvalue weighted by molar-refractivity contribution is 9.12. The van der Waals surface area contributed by atoms with E-state index in [2.05, 4.69) is 47.8 Å². The van der Waals surface area contributed by atoms with Crippen LogP contribution in [0.15, 0.2) is 59.1 Å². The minimum Gasteiger partial charge on any atom is -0.454 e. The summed E-state index contributed by atoms with van der Waals surface area (Å²) in [4.78, 5) is 59.2. The zero-order valence-corrected chi connectivity index (χ0v) is 30.9. The lowest BCUT2D eigenvalue weighted by Gasteiger charge is -2.29. The topological polar surface area (TPSA) is 93.6 Å². The van der Waals surface area contributed by atoms with Gasteiger partial charge < -0.3 is 4.74 Å². The number of aromatic nitrogens is 1. The number of nitrogens with zero attached hydrogens (tertiary/aromatic N) is 2. The van der Waals surface area contributed by atoms with E-state index in [0.717, 1.165) is 0 Å². The van der Waals surface area contributed by atoms with Crippen LogP contribution >= 0.6 is 82.6 Å². The molecule has 4 aromatic rings. The summed E-state index contributed by atoms with van der Waals surface area (Å²) in [6, 6.07) is 14.6. The molecule has 3 aromatic carbocycles. The normalized spacial score (nSPS) is 21.1. The number of esters is 1. The first-order valence-electron chi connectivity index (χ1n) is 14.1. The molecule has 2 aliphatic rings.